The summed E-state index contributed by atoms with van der Waals surface area (Å²) in [6, 6.07) is 2.09. The van der Waals surface area contributed by atoms with E-state index in [2.05, 4.69) is 29.0 Å². The van der Waals surface area contributed by atoms with Crippen LogP contribution in [0.5, 0.6) is 0 Å². The third-order valence-electron chi connectivity index (χ3n) is 3.36. The fourth-order valence-corrected chi connectivity index (χ4v) is 2.99. The summed E-state index contributed by atoms with van der Waals surface area (Å²) in [5.41, 5.74) is 1.27. The van der Waals surface area contributed by atoms with Gasteiger partial charge in [-0.15, -0.1) is 23.7 Å². The predicted octanol–water partition coefficient (Wildman–Crippen LogP) is 2.48. The van der Waals surface area contributed by atoms with Crippen molar-refractivity contribution in [1.82, 2.24) is 10.6 Å². The molecule has 1 aliphatic rings. The molecular weight excluding hydrogens is 268 g/mol. The first-order valence-corrected chi connectivity index (χ1v) is 7.14. The van der Waals surface area contributed by atoms with Gasteiger partial charge in [-0.2, -0.15) is 0 Å². The number of halogens is 1. The Kier molecular flexibility index (Phi) is 6.68. The van der Waals surface area contributed by atoms with Crippen LogP contribution in [-0.4, -0.2) is 19.0 Å². The van der Waals surface area contributed by atoms with Gasteiger partial charge in [0.1, 0.15) is 0 Å². The Hall–Kier alpha value is -0.580. The molecule has 1 unspecified atom stereocenters. The Bertz CT molecular complexity index is 375. The van der Waals surface area contributed by atoms with Crippen molar-refractivity contribution in [2.75, 3.05) is 13.1 Å². The molecule has 1 fully saturated rings. The van der Waals surface area contributed by atoms with Gasteiger partial charge in [0.2, 0.25) is 5.91 Å². The molecule has 1 amide bonds. The second-order valence-corrected chi connectivity index (χ2v) is 5.70. The molecule has 0 saturated carbocycles. The summed E-state index contributed by atoms with van der Waals surface area (Å²) in [5.74, 6) is 0.883. The molecule has 5 heteroatoms. The van der Waals surface area contributed by atoms with Crippen molar-refractivity contribution in [1.29, 1.82) is 0 Å². The average molecular weight is 289 g/mol. The van der Waals surface area contributed by atoms with Crippen LogP contribution in [0.4, 0.5) is 0 Å². The molecular formula is C13H21ClN2OS. The number of aryl methyl sites for hydroxylation is 1. The second kappa shape index (κ2) is 7.77. The van der Waals surface area contributed by atoms with Crippen molar-refractivity contribution in [3.05, 3.63) is 21.9 Å². The summed E-state index contributed by atoms with van der Waals surface area (Å²) in [7, 11) is 0. The first-order valence-electron chi connectivity index (χ1n) is 6.26. The first-order chi connectivity index (χ1) is 8.25. The zero-order chi connectivity index (χ0) is 12.1. The molecule has 18 heavy (non-hydrogen) atoms. The summed E-state index contributed by atoms with van der Waals surface area (Å²) < 4.78 is 0. The molecule has 0 aliphatic carbocycles. The molecule has 0 spiro atoms. The first kappa shape index (κ1) is 15.5. The normalized spacial score (nSPS) is 18.4. The molecule has 3 nitrogen and oxygen atoms in total. The molecule has 0 aromatic carbocycles. The monoisotopic (exact) mass is 288 g/mol. The van der Waals surface area contributed by atoms with Crippen LogP contribution < -0.4 is 10.6 Å². The zero-order valence-electron chi connectivity index (χ0n) is 10.7. The van der Waals surface area contributed by atoms with Crippen LogP contribution in [0.1, 0.15) is 29.7 Å². The molecule has 2 rings (SSSR count). The van der Waals surface area contributed by atoms with Gasteiger partial charge in [-0.05, 0) is 55.8 Å². The highest BCUT2D eigenvalue weighted by Gasteiger charge is 2.15. The summed E-state index contributed by atoms with van der Waals surface area (Å²) in [6.07, 6.45) is 2.90. The molecule has 1 saturated heterocycles. The van der Waals surface area contributed by atoms with Crippen LogP contribution in [0.15, 0.2) is 11.4 Å². The van der Waals surface area contributed by atoms with Crippen LogP contribution >= 0.6 is 23.7 Å². The van der Waals surface area contributed by atoms with Gasteiger partial charge in [-0.3, -0.25) is 4.79 Å². The highest BCUT2D eigenvalue weighted by atomic mass is 35.5. The van der Waals surface area contributed by atoms with Gasteiger partial charge >= 0.3 is 0 Å². The van der Waals surface area contributed by atoms with E-state index in [0.717, 1.165) is 19.5 Å². The molecule has 2 heterocycles. The van der Waals surface area contributed by atoms with Gasteiger partial charge in [0.15, 0.2) is 0 Å². The van der Waals surface area contributed by atoms with E-state index in [1.807, 2.05) is 0 Å². The molecule has 1 aromatic rings. The molecule has 1 aromatic heterocycles. The summed E-state index contributed by atoms with van der Waals surface area (Å²) in [4.78, 5) is 12.9. The van der Waals surface area contributed by atoms with Crippen LogP contribution in [0.25, 0.3) is 0 Å². The van der Waals surface area contributed by atoms with Crippen LogP contribution in [0, 0.1) is 12.8 Å². The van der Waals surface area contributed by atoms with E-state index in [9.17, 15) is 4.79 Å². The Morgan fingerprint density at radius 3 is 3.06 bits per heavy atom. The van der Waals surface area contributed by atoms with E-state index in [0.29, 0.717) is 18.9 Å². The lowest BCUT2D eigenvalue weighted by molar-refractivity contribution is -0.121. The largest absolute Gasteiger partial charge is 0.351 e. The van der Waals surface area contributed by atoms with Crippen molar-refractivity contribution in [2.45, 2.75) is 32.7 Å². The number of thiophene rings is 1. The Morgan fingerprint density at radius 2 is 2.44 bits per heavy atom. The van der Waals surface area contributed by atoms with Crippen molar-refractivity contribution in [3.8, 4) is 0 Å². The highest BCUT2D eigenvalue weighted by molar-refractivity contribution is 7.10. The molecule has 102 valence electrons. The van der Waals surface area contributed by atoms with Crippen molar-refractivity contribution in [3.63, 3.8) is 0 Å². The van der Waals surface area contributed by atoms with E-state index >= 15 is 0 Å². The number of nitrogens with one attached hydrogen (secondary N) is 2. The van der Waals surface area contributed by atoms with Gasteiger partial charge in [-0.1, -0.05) is 0 Å². The number of amides is 1. The minimum Gasteiger partial charge on any atom is -0.351 e. The lowest BCUT2D eigenvalue weighted by Gasteiger charge is -2.08. The minimum atomic E-state index is 0. The summed E-state index contributed by atoms with van der Waals surface area (Å²) in [5, 5.41) is 8.40. The quantitative estimate of drug-likeness (QED) is 0.874. The fraction of sp³-hybridized carbons (Fsp3) is 0.615. The highest BCUT2D eigenvalue weighted by Crippen LogP contribution is 2.16. The third kappa shape index (κ3) is 4.59. The van der Waals surface area contributed by atoms with E-state index < -0.39 is 0 Å². The number of carbonyl (C=O) groups excluding carboxylic acids is 1. The Labute approximate surface area is 119 Å². The molecule has 0 radical (unpaired) electrons. The van der Waals surface area contributed by atoms with Crippen molar-refractivity contribution < 1.29 is 4.79 Å². The van der Waals surface area contributed by atoms with Gasteiger partial charge < -0.3 is 10.6 Å². The molecule has 2 N–H and O–H groups in total. The average Bonchev–Trinajstić information content (AvgIpc) is 2.95. The smallest absolute Gasteiger partial charge is 0.220 e. The van der Waals surface area contributed by atoms with Crippen molar-refractivity contribution in [2.24, 2.45) is 5.92 Å². The Balaban J connectivity index is 0.00000162. The van der Waals surface area contributed by atoms with Crippen LogP contribution in [0.3, 0.4) is 0 Å². The summed E-state index contributed by atoms with van der Waals surface area (Å²) in [6.45, 7) is 4.96. The number of carbonyl (C=O) groups is 1. The van der Waals surface area contributed by atoms with Crippen molar-refractivity contribution >= 4 is 29.7 Å². The molecule has 1 atom stereocenters. The number of rotatable bonds is 5. The lowest BCUT2D eigenvalue weighted by atomic mass is 10.0. The molecule has 0 bridgehead atoms. The minimum absolute atomic E-state index is 0. The SMILES string of the molecule is Cc1ccsc1CNC(=O)CCC1CCNC1.Cl. The van der Waals surface area contributed by atoms with Crippen LogP contribution in [0.2, 0.25) is 0 Å². The zero-order valence-corrected chi connectivity index (χ0v) is 12.3. The Morgan fingerprint density at radius 1 is 1.61 bits per heavy atom. The second-order valence-electron chi connectivity index (χ2n) is 4.70. The third-order valence-corrected chi connectivity index (χ3v) is 4.38. The van der Waals surface area contributed by atoms with E-state index in [-0.39, 0.29) is 18.3 Å². The maximum atomic E-state index is 11.7. The van der Waals surface area contributed by atoms with Gasteiger partial charge in [-0.25, -0.2) is 0 Å². The maximum Gasteiger partial charge on any atom is 0.220 e. The van der Waals surface area contributed by atoms with E-state index in [4.69, 9.17) is 0 Å². The standard InChI is InChI=1S/C13H20N2OS.ClH/c1-10-5-7-17-12(10)9-15-13(16)3-2-11-4-6-14-8-11;/h5,7,11,14H,2-4,6,8-9H2,1H3,(H,15,16);1H. The fourth-order valence-electron chi connectivity index (χ4n) is 2.15. The van der Waals surface area contributed by atoms with Gasteiger partial charge in [0.05, 0.1) is 6.54 Å². The van der Waals surface area contributed by atoms with E-state index in [1.54, 1.807) is 11.3 Å². The molecule has 1 aliphatic heterocycles. The number of hydrogen-bond acceptors (Lipinski definition) is 3. The van der Waals surface area contributed by atoms with Crippen LogP contribution in [-0.2, 0) is 11.3 Å². The number of hydrogen-bond donors (Lipinski definition) is 2. The lowest BCUT2D eigenvalue weighted by Crippen LogP contribution is -2.23. The summed E-state index contributed by atoms with van der Waals surface area (Å²) >= 11 is 1.71. The van der Waals surface area contributed by atoms with E-state index in [1.165, 1.54) is 16.9 Å². The predicted molar refractivity (Wildman–Crippen MR) is 78.4 cm³/mol. The maximum absolute atomic E-state index is 11.7. The van der Waals surface area contributed by atoms with Gasteiger partial charge in [0, 0.05) is 11.3 Å². The van der Waals surface area contributed by atoms with Gasteiger partial charge in [0.25, 0.3) is 0 Å². The topological polar surface area (TPSA) is 41.1 Å².